The highest BCUT2D eigenvalue weighted by Gasteiger charge is 2.24. The summed E-state index contributed by atoms with van der Waals surface area (Å²) in [5, 5.41) is 9.00. The Morgan fingerprint density at radius 3 is 2.14 bits per heavy atom. The maximum Gasteiger partial charge on any atom is 0.160 e. The van der Waals surface area contributed by atoms with E-state index >= 15 is 0 Å². The number of aryl methyl sites for hydroxylation is 4. The normalized spacial score (nSPS) is 17.4. The van der Waals surface area contributed by atoms with Crippen molar-refractivity contribution >= 4 is 11.4 Å². The van der Waals surface area contributed by atoms with E-state index in [4.69, 9.17) is 19.6 Å². The molecule has 37 heavy (non-hydrogen) atoms. The van der Waals surface area contributed by atoms with Crippen LogP contribution in [0.25, 0.3) is 11.4 Å². The van der Waals surface area contributed by atoms with Crippen LogP contribution in [0.3, 0.4) is 0 Å². The zero-order valence-corrected chi connectivity index (χ0v) is 22.3. The Bertz CT molecular complexity index is 1350. The molecular formula is C30H35N5O2. The van der Waals surface area contributed by atoms with E-state index in [0.717, 1.165) is 89.5 Å². The minimum atomic E-state index is -0.263. The lowest BCUT2D eigenvalue weighted by Gasteiger charge is -2.23. The molecule has 0 fully saturated rings. The monoisotopic (exact) mass is 497 g/mol. The van der Waals surface area contributed by atoms with Crippen LogP contribution in [0, 0.1) is 19.3 Å². The van der Waals surface area contributed by atoms with Gasteiger partial charge in [-0.3, -0.25) is 4.98 Å². The van der Waals surface area contributed by atoms with Gasteiger partial charge in [-0.05, 0) is 75.1 Å². The van der Waals surface area contributed by atoms with Crippen LogP contribution >= 0.6 is 0 Å². The molecule has 0 aliphatic heterocycles. The molecule has 0 amide bonds. The van der Waals surface area contributed by atoms with Gasteiger partial charge >= 0.3 is 0 Å². The molecule has 2 aliphatic rings. The first-order valence-electron chi connectivity index (χ1n) is 13.2. The van der Waals surface area contributed by atoms with Crippen LogP contribution in [0.15, 0.2) is 52.9 Å². The van der Waals surface area contributed by atoms with Gasteiger partial charge in [0.25, 0.3) is 0 Å². The maximum atomic E-state index is 5.87. The summed E-state index contributed by atoms with van der Waals surface area (Å²) in [5.41, 5.74) is 9.01. The predicted octanol–water partition coefficient (Wildman–Crippen LogP) is 6.00. The average Bonchev–Trinajstić information content (AvgIpc) is 2.89. The summed E-state index contributed by atoms with van der Waals surface area (Å²) >= 11 is 0. The molecule has 0 saturated heterocycles. The number of oxime groups is 2. The van der Waals surface area contributed by atoms with Gasteiger partial charge in [-0.25, -0.2) is 9.97 Å². The van der Waals surface area contributed by atoms with Gasteiger partial charge in [-0.15, -0.1) is 0 Å². The van der Waals surface area contributed by atoms with E-state index < -0.39 is 0 Å². The van der Waals surface area contributed by atoms with Crippen LogP contribution in [0.1, 0.15) is 73.3 Å². The third kappa shape index (κ3) is 5.87. The molecule has 0 saturated carbocycles. The predicted molar refractivity (Wildman–Crippen MR) is 146 cm³/mol. The number of pyridine rings is 1. The van der Waals surface area contributed by atoms with Crippen LogP contribution in [-0.4, -0.2) is 39.6 Å². The SMILES string of the molecule is Cc1ccc2c(n1)/C(=N/OCC(C)(C)CO/N=C1\CCCc3cnc(-c4ccccc4C)nc31)CCC2. The minimum absolute atomic E-state index is 0.263. The highest BCUT2D eigenvalue weighted by molar-refractivity contribution is 6.01. The van der Waals surface area contributed by atoms with Gasteiger partial charge in [0.05, 0.1) is 11.4 Å². The lowest BCUT2D eigenvalue weighted by molar-refractivity contribution is -0.000311. The summed E-state index contributed by atoms with van der Waals surface area (Å²) in [5.74, 6) is 0.730. The number of aromatic nitrogens is 3. The molecule has 0 N–H and O–H groups in total. The zero-order chi connectivity index (χ0) is 25.8. The molecule has 7 heteroatoms. The van der Waals surface area contributed by atoms with Gasteiger partial charge in [0.2, 0.25) is 0 Å². The molecule has 3 aromatic rings. The fraction of sp³-hybridized carbons (Fsp3) is 0.433. The van der Waals surface area contributed by atoms with E-state index in [1.807, 2.05) is 25.3 Å². The van der Waals surface area contributed by atoms with Gasteiger partial charge in [0.1, 0.15) is 24.6 Å². The Morgan fingerprint density at radius 2 is 1.43 bits per heavy atom. The van der Waals surface area contributed by atoms with Gasteiger partial charge < -0.3 is 9.68 Å². The van der Waals surface area contributed by atoms with Gasteiger partial charge in [0.15, 0.2) is 5.82 Å². The van der Waals surface area contributed by atoms with Crippen molar-refractivity contribution in [2.75, 3.05) is 13.2 Å². The molecular weight excluding hydrogens is 462 g/mol. The summed E-state index contributed by atoms with van der Waals surface area (Å²) in [6, 6.07) is 12.4. The first-order chi connectivity index (χ1) is 17.9. The van der Waals surface area contributed by atoms with E-state index in [1.165, 1.54) is 5.56 Å². The number of nitrogens with zero attached hydrogens (tertiary/aromatic N) is 5. The first kappa shape index (κ1) is 25.1. The smallest absolute Gasteiger partial charge is 0.160 e. The van der Waals surface area contributed by atoms with E-state index in [-0.39, 0.29) is 5.41 Å². The van der Waals surface area contributed by atoms with Crippen LogP contribution in [0.5, 0.6) is 0 Å². The van der Waals surface area contributed by atoms with E-state index in [0.29, 0.717) is 13.2 Å². The number of fused-ring (bicyclic) bond motifs is 2. The fourth-order valence-electron chi connectivity index (χ4n) is 4.75. The molecule has 0 atom stereocenters. The van der Waals surface area contributed by atoms with E-state index in [1.54, 1.807) is 0 Å². The summed E-state index contributed by atoms with van der Waals surface area (Å²) in [6.07, 6.45) is 7.76. The maximum absolute atomic E-state index is 5.87. The quantitative estimate of drug-likeness (QED) is 0.374. The van der Waals surface area contributed by atoms with Crippen molar-refractivity contribution in [1.29, 1.82) is 0 Å². The van der Waals surface area contributed by atoms with Crippen molar-refractivity contribution in [1.82, 2.24) is 15.0 Å². The Hall–Kier alpha value is -3.61. The Balaban J connectivity index is 1.23. The summed E-state index contributed by atoms with van der Waals surface area (Å²) < 4.78 is 0. The number of rotatable bonds is 7. The molecule has 2 aromatic heterocycles. The summed E-state index contributed by atoms with van der Waals surface area (Å²) in [4.78, 5) is 25.9. The first-order valence-corrected chi connectivity index (χ1v) is 13.2. The summed E-state index contributed by atoms with van der Waals surface area (Å²) in [6.45, 7) is 9.13. The molecule has 2 heterocycles. The second kappa shape index (κ2) is 10.8. The zero-order valence-electron chi connectivity index (χ0n) is 22.3. The molecule has 5 rings (SSSR count). The Labute approximate surface area is 219 Å². The molecule has 0 radical (unpaired) electrons. The van der Waals surface area contributed by atoms with Crippen molar-refractivity contribution in [2.24, 2.45) is 15.7 Å². The minimum Gasteiger partial charge on any atom is -0.395 e. The highest BCUT2D eigenvalue weighted by atomic mass is 16.6. The topological polar surface area (TPSA) is 81.9 Å². The van der Waals surface area contributed by atoms with Gasteiger partial charge in [0, 0.05) is 22.9 Å². The standard InChI is InChI=1S/C30H35N5O2/c1-20-9-5-6-12-24(20)29-31-17-23-11-8-14-26(28(23)33-29)35-37-19-30(3,4)18-36-34-25-13-7-10-22-16-15-21(2)32-27(22)25/h5-6,9,12,15-17H,7-8,10-11,13-14,18-19H2,1-4H3/b34-25+,35-26+. The molecule has 2 aliphatic carbocycles. The van der Waals surface area contributed by atoms with Crippen molar-refractivity contribution in [3.05, 3.63) is 76.4 Å². The second-order valence-electron chi connectivity index (χ2n) is 10.8. The Kier molecular flexibility index (Phi) is 7.31. The highest BCUT2D eigenvalue weighted by Crippen LogP contribution is 2.26. The molecule has 0 bridgehead atoms. The Morgan fingerprint density at radius 1 is 0.784 bits per heavy atom. The van der Waals surface area contributed by atoms with E-state index in [9.17, 15) is 0 Å². The molecule has 0 spiro atoms. The second-order valence-corrected chi connectivity index (χ2v) is 10.8. The number of hydrogen-bond acceptors (Lipinski definition) is 7. The molecule has 7 nitrogen and oxygen atoms in total. The van der Waals surface area contributed by atoms with Gasteiger partial charge in [-0.1, -0.05) is 54.5 Å². The number of benzene rings is 1. The van der Waals surface area contributed by atoms with Crippen molar-refractivity contribution < 1.29 is 9.68 Å². The van der Waals surface area contributed by atoms with Crippen LogP contribution in [0.4, 0.5) is 0 Å². The van der Waals surface area contributed by atoms with Crippen molar-refractivity contribution in [2.45, 2.75) is 66.2 Å². The summed E-state index contributed by atoms with van der Waals surface area (Å²) in [7, 11) is 0. The molecule has 192 valence electrons. The van der Waals surface area contributed by atoms with Crippen LogP contribution in [0.2, 0.25) is 0 Å². The van der Waals surface area contributed by atoms with Gasteiger partial charge in [-0.2, -0.15) is 0 Å². The average molecular weight is 498 g/mol. The number of hydrogen-bond donors (Lipinski definition) is 0. The third-order valence-electron chi connectivity index (χ3n) is 6.89. The largest absolute Gasteiger partial charge is 0.395 e. The molecule has 0 unspecified atom stereocenters. The third-order valence-corrected chi connectivity index (χ3v) is 6.89. The lowest BCUT2D eigenvalue weighted by atomic mass is 9.94. The van der Waals surface area contributed by atoms with Crippen molar-refractivity contribution in [3.8, 4) is 11.4 Å². The van der Waals surface area contributed by atoms with Crippen LogP contribution < -0.4 is 0 Å². The van der Waals surface area contributed by atoms with Crippen molar-refractivity contribution in [3.63, 3.8) is 0 Å². The molecule has 1 aromatic carbocycles. The van der Waals surface area contributed by atoms with Crippen LogP contribution in [-0.2, 0) is 22.5 Å². The fourth-order valence-corrected chi connectivity index (χ4v) is 4.75. The lowest BCUT2D eigenvalue weighted by Crippen LogP contribution is -2.25. The van der Waals surface area contributed by atoms with E-state index in [2.05, 4.69) is 60.3 Å².